The number of hydrogen-bond acceptors (Lipinski definition) is 3. The Balaban J connectivity index is 2.23. The number of carbonyl (C=O) groups excluding carboxylic acids is 1. The average Bonchev–Trinajstić information content (AvgIpc) is 2.72. The van der Waals surface area contributed by atoms with E-state index in [4.69, 9.17) is 16.3 Å². The van der Waals surface area contributed by atoms with Crippen molar-refractivity contribution >= 4 is 18.0 Å². The van der Waals surface area contributed by atoms with Crippen molar-refractivity contribution in [3.05, 3.63) is 29.0 Å². The summed E-state index contributed by atoms with van der Waals surface area (Å²) in [5.74, 6) is 0. The summed E-state index contributed by atoms with van der Waals surface area (Å²) in [7, 11) is 1.66. The number of amides is 1. The van der Waals surface area contributed by atoms with Gasteiger partial charge in [0.25, 0.3) is 0 Å². The molecule has 2 rings (SSSR count). The van der Waals surface area contributed by atoms with Gasteiger partial charge in [0, 0.05) is 37.0 Å². The van der Waals surface area contributed by atoms with Crippen molar-refractivity contribution in [1.82, 2.24) is 9.88 Å². The summed E-state index contributed by atoms with van der Waals surface area (Å²) in [4.78, 5) is 17.3. The Labute approximate surface area is 112 Å². The van der Waals surface area contributed by atoms with E-state index >= 15 is 0 Å². The van der Waals surface area contributed by atoms with Crippen LogP contribution in [0, 0.1) is 0 Å². The van der Waals surface area contributed by atoms with Gasteiger partial charge in [0.2, 0.25) is 6.41 Å². The summed E-state index contributed by atoms with van der Waals surface area (Å²) in [6.07, 6.45) is 5.23. The van der Waals surface area contributed by atoms with Crippen molar-refractivity contribution in [2.24, 2.45) is 0 Å². The van der Waals surface area contributed by atoms with Gasteiger partial charge in [0.1, 0.15) is 0 Å². The second-order valence-corrected chi connectivity index (χ2v) is 5.14. The predicted octanol–water partition coefficient (Wildman–Crippen LogP) is 1.91. The Hall–Kier alpha value is -1.13. The monoisotopic (exact) mass is 268 g/mol. The van der Waals surface area contributed by atoms with E-state index in [0.717, 1.165) is 31.5 Å². The molecule has 1 saturated heterocycles. The molecule has 1 aliphatic heterocycles. The molecule has 0 unspecified atom stereocenters. The maximum Gasteiger partial charge on any atom is 0.210 e. The molecule has 1 amide bonds. The van der Waals surface area contributed by atoms with Crippen LogP contribution in [0.3, 0.4) is 0 Å². The second kappa shape index (κ2) is 5.67. The number of methoxy groups -OCH3 is 1. The average molecular weight is 269 g/mol. The summed E-state index contributed by atoms with van der Waals surface area (Å²) in [5.41, 5.74) is 0.627. The van der Waals surface area contributed by atoms with Gasteiger partial charge < -0.3 is 9.64 Å². The highest BCUT2D eigenvalue weighted by Crippen LogP contribution is 2.31. The first-order chi connectivity index (χ1) is 8.70. The molecule has 98 valence electrons. The van der Waals surface area contributed by atoms with Crippen molar-refractivity contribution in [3.63, 3.8) is 0 Å². The second-order valence-electron chi connectivity index (χ2n) is 4.70. The predicted molar refractivity (Wildman–Crippen MR) is 69.6 cm³/mol. The minimum atomic E-state index is -0.270. The van der Waals surface area contributed by atoms with Gasteiger partial charge in [-0.15, -0.1) is 0 Å². The SMILES string of the molecule is COC[C@@]1(Cc2cc(Cl)ccn2)CCCN1C=O. The van der Waals surface area contributed by atoms with Gasteiger partial charge in [0.05, 0.1) is 12.1 Å². The van der Waals surface area contributed by atoms with E-state index in [1.807, 2.05) is 11.0 Å². The molecule has 0 aromatic carbocycles. The lowest BCUT2D eigenvalue weighted by Crippen LogP contribution is -2.48. The van der Waals surface area contributed by atoms with Crippen molar-refractivity contribution in [3.8, 4) is 0 Å². The lowest BCUT2D eigenvalue weighted by Gasteiger charge is -2.35. The minimum absolute atomic E-state index is 0.270. The molecule has 1 atom stereocenters. The van der Waals surface area contributed by atoms with E-state index in [1.165, 1.54) is 0 Å². The van der Waals surface area contributed by atoms with E-state index in [0.29, 0.717) is 18.1 Å². The molecular formula is C13H17ClN2O2. The number of pyridine rings is 1. The van der Waals surface area contributed by atoms with Gasteiger partial charge >= 0.3 is 0 Å². The summed E-state index contributed by atoms with van der Waals surface area (Å²) < 4.78 is 5.30. The van der Waals surface area contributed by atoms with Gasteiger partial charge in [-0.25, -0.2) is 0 Å². The fourth-order valence-electron chi connectivity index (χ4n) is 2.67. The molecule has 0 bridgehead atoms. The van der Waals surface area contributed by atoms with Gasteiger partial charge in [-0.1, -0.05) is 11.6 Å². The van der Waals surface area contributed by atoms with Crippen LogP contribution in [-0.4, -0.2) is 42.1 Å². The Morgan fingerprint density at radius 2 is 2.50 bits per heavy atom. The largest absolute Gasteiger partial charge is 0.382 e. The molecule has 18 heavy (non-hydrogen) atoms. The minimum Gasteiger partial charge on any atom is -0.382 e. The van der Waals surface area contributed by atoms with Crippen molar-refractivity contribution in [1.29, 1.82) is 0 Å². The molecule has 0 radical (unpaired) electrons. The molecule has 1 aliphatic rings. The smallest absolute Gasteiger partial charge is 0.210 e. The number of ether oxygens (including phenoxy) is 1. The highest BCUT2D eigenvalue weighted by atomic mass is 35.5. The third kappa shape index (κ3) is 2.65. The fourth-order valence-corrected chi connectivity index (χ4v) is 2.85. The van der Waals surface area contributed by atoms with Crippen LogP contribution in [0.25, 0.3) is 0 Å². The molecule has 0 saturated carbocycles. The van der Waals surface area contributed by atoms with Crippen LogP contribution in [0.5, 0.6) is 0 Å². The number of halogens is 1. The van der Waals surface area contributed by atoms with E-state index in [-0.39, 0.29) is 5.54 Å². The van der Waals surface area contributed by atoms with Crippen LogP contribution < -0.4 is 0 Å². The van der Waals surface area contributed by atoms with E-state index < -0.39 is 0 Å². The van der Waals surface area contributed by atoms with Gasteiger partial charge in [-0.3, -0.25) is 9.78 Å². The molecule has 1 aromatic heterocycles. The number of likely N-dealkylation sites (tertiary alicyclic amines) is 1. The lowest BCUT2D eigenvalue weighted by atomic mass is 9.91. The summed E-state index contributed by atoms with van der Waals surface area (Å²) in [6, 6.07) is 3.60. The zero-order valence-electron chi connectivity index (χ0n) is 10.4. The van der Waals surface area contributed by atoms with Crippen LogP contribution in [0.2, 0.25) is 5.02 Å². The van der Waals surface area contributed by atoms with Crippen LogP contribution >= 0.6 is 11.6 Å². The quantitative estimate of drug-likeness (QED) is 0.766. The van der Waals surface area contributed by atoms with E-state index in [9.17, 15) is 4.79 Å². The first-order valence-electron chi connectivity index (χ1n) is 6.02. The molecule has 1 fully saturated rings. The number of hydrogen-bond donors (Lipinski definition) is 0. The Morgan fingerprint density at radius 3 is 3.17 bits per heavy atom. The van der Waals surface area contributed by atoms with Gasteiger partial charge in [-0.05, 0) is 25.0 Å². The maximum absolute atomic E-state index is 11.2. The first kappa shape index (κ1) is 13.3. The fraction of sp³-hybridized carbons (Fsp3) is 0.538. The van der Waals surface area contributed by atoms with Crippen LogP contribution in [0.4, 0.5) is 0 Å². The Bertz CT molecular complexity index is 427. The number of carbonyl (C=O) groups is 1. The lowest BCUT2D eigenvalue weighted by molar-refractivity contribution is -0.123. The zero-order chi connectivity index (χ0) is 13.0. The standard InChI is InChI=1S/C13H17ClN2O2/c1-18-9-13(4-2-6-16(13)10-17)8-12-7-11(14)3-5-15-12/h3,5,7,10H,2,4,6,8-9H2,1H3/t13-/m0/s1. The van der Waals surface area contributed by atoms with Crippen LogP contribution in [0.15, 0.2) is 18.3 Å². The first-order valence-corrected chi connectivity index (χ1v) is 6.39. The summed E-state index contributed by atoms with van der Waals surface area (Å²) in [5, 5.41) is 0.670. The molecule has 0 aliphatic carbocycles. The van der Waals surface area contributed by atoms with Crippen LogP contribution in [-0.2, 0) is 16.0 Å². The molecule has 5 heteroatoms. The Morgan fingerprint density at radius 1 is 1.67 bits per heavy atom. The van der Waals surface area contributed by atoms with E-state index in [2.05, 4.69) is 4.98 Å². The number of rotatable bonds is 5. The summed E-state index contributed by atoms with van der Waals surface area (Å²) >= 11 is 5.97. The molecule has 0 N–H and O–H groups in total. The van der Waals surface area contributed by atoms with Gasteiger partial charge in [-0.2, -0.15) is 0 Å². The highest BCUT2D eigenvalue weighted by Gasteiger charge is 2.40. The van der Waals surface area contributed by atoms with Crippen LogP contribution in [0.1, 0.15) is 18.5 Å². The number of aromatic nitrogens is 1. The Kier molecular flexibility index (Phi) is 4.19. The normalized spacial score (nSPS) is 23.3. The van der Waals surface area contributed by atoms with Gasteiger partial charge in [0.15, 0.2) is 0 Å². The molecule has 4 nitrogen and oxygen atoms in total. The topological polar surface area (TPSA) is 42.4 Å². The highest BCUT2D eigenvalue weighted by molar-refractivity contribution is 6.30. The molecule has 1 aromatic rings. The maximum atomic E-state index is 11.2. The van der Waals surface area contributed by atoms with Crippen molar-refractivity contribution in [2.45, 2.75) is 24.8 Å². The third-order valence-corrected chi connectivity index (χ3v) is 3.71. The summed E-state index contributed by atoms with van der Waals surface area (Å²) in [6.45, 7) is 1.31. The third-order valence-electron chi connectivity index (χ3n) is 3.48. The van der Waals surface area contributed by atoms with Crippen molar-refractivity contribution < 1.29 is 9.53 Å². The van der Waals surface area contributed by atoms with Crippen molar-refractivity contribution in [2.75, 3.05) is 20.3 Å². The van der Waals surface area contributed by atoms with E-state index in [1.54, 1.807) is 19.4 Å². The zero-order valence-corrected chi connectivity index (χ0v) is 11.2. The number of nitrogens with zero attached hydrogens (tertiary/aromatic N) is 2. The molecule has 2 heterocycles. The molecular weight excluding hydrogens is 252 g/mol. The molecule has 0 spiro atoms.